The van der Waals surface area contributed by atoms with Gasteiger partial charge in [0.25, 0.3) is 11.5 Å². The monoisotopic (exact) mass is 387 g/mol. The van der Waals surface area contributed by atoms with E-state index in [1.165, 1.54) is 0 Å². The van der Waals surface area contributed by atoms with Gasteiger partial charge in [0.15, 0.2) is 5.69 Å². The maximum Gasteiger partial charge on any atom is 0.280 e. The first-order valence-electron chi connectivity index (χ1n) is 9.82. The van der Waals surface area contributed by atoms with Gasteiger partial charge in [-0.15, -0.1) is 10.2 Å². The number of benzene rings is 1. The minimum Gasteiger partial charge on any atom is -0.338 e. The zero-order valence-electron chi connectivity index (χ0n) is 16.2. The van der Waals surface area contributed by atoms with E-state index >= 15 is 0 Å². The summed E-state index contributed by atoms with van der Waals surface area (Å²) in [5, 5.41) is 8.76. The van der Waals surface area contributed by atoms with Gasteiger partial charge in [-0.3, -0.25) is 19.1 Å². The van der Waals surface area contributed by atoms with Crippen molar-refractivity contribution in [2.75, 3.05) is 13.1 Å². The van der Waals surface area contributed by atoms with Crippen LogP contribution >= 0.6 is 0 Å². The predicted octanol–water partition coefficient (Wildman–Crippen LogP) is 2.20. The van der Waals surface area contributed by atoms with Crippen LogP contribution in [0.2, 0.25) is 0 Å². The van der Waals surface area contributed by atoms with Gasteiger partial charge in [0.2, 0.25) is 0 Å². The molecule has 29 heavy (non-hydrogen) atoms. The summed E-state index contributed by atoms with van der Waals surface area (Å²) in [6.07, 6.45) is 4.93. The largest absolute Gasteiger partial charge is 0.338 e. The van der Waals surface area contributed by atoms with Gasteiger partial charge >= 0.3 is 0 Å². The molecule has 1 amide bonds. The van der Waals surface area contributed by atoms with Crippen LogP contribution in [0.3, 0.4) is 0 Å². The van der Waals surface area contributed by atoms with Crippen LogP contribution in [-0.2, 0) is 12.0 Å². The van der Waals surface area contributed by atoms with Gasteiger partial charge in [0.05, 0.1) is 11.0 Å². The average Bonchev–Trinajstić information content (AvgIpc) is 3.34. The Bertz CT molecular complexity index is 1160. The van der Waals surface area contributed by atoms with E-state index in [1.54, 1.807) is 17.0 Å². The molecule has 7 heteroatoms. The summed E-state index contributed by atoms with van der Waals surface area (Å²) in [5.41, 5.74) is 2.31. The van der Waals surface area contributed by atoms with Crippen molar-refractivity contribution in [3.05, 3.63) is 76.1 Å². The summed E-state index contributed by atoms with van der Waals surface area (Å²) < 4.78 is 1.75. The summed E-state index contributed by atoms with van der Waals surface area (Å²) in [6, 6.07) is 11.3. The predicted molar refractivity (Wildman–Crippen MR) is 108 cm³/mol. The molecule has 5 rings (SSSR count). The maximum absolute atomic E-state index is 13.0. The topological polar surface area (TPSA) is 81.0 Å². The number of hydrogen-bond donors (Lipinski definition) is 0. The summed E-state index contributed by atoms with van der Waals surface area (Å²) in [6.45, 7) is 3.73. The van der Waals surface area contributed by atoms with Gasteiger partial charge in [-0.2, -0.15) is 0 Å². The summed E-state index contributed by atoms with van der Waals surface area (Å²) >= 11 is 0. The van der Waals surface area contributed by atoms with Crippen molar-refractivity contribution in [1.82, 2.24) is 24.6 Å². The quantitative estimate of drug-likeness (QED) is 0.673. The molecule has 1 atom stereocenters. The second-order valence-electron chi connectivity index (χ2n) is 7.95. The van der Waals surface area contributed by atoms with E-state index in [0.717, 1.165) is 24.0 Å². The minimum atomic E-state index is -0.297. The first-order chi connectivity index (χ1) is 14.1. The van der Waals surface area contributed by atoms with E-state index in [4.69, 9.17) is 0 Å². The number of rotatable bonds is 2. The third-order valence-electron chi connectivity index (χ3n) is 6.05. The van der Waals surface area contributed by atoms with Gasteiger partial charge in [-0.25, -0.2) is 0 Å². The molecular weight excluding hydrogens is 366 g/mol. The second kappa shape index (κ2) is 6.62. The van der Waals surface area contributed by atoms with Crippen molar-refractivity contribution in [3.63, 3.8) is 0 Å². The fraction of sp³-hybridized carbons (Fsp3) is 0.318. The summed E-state index contributed by atoms with van der Waals surface area (Å²) in [4.78, 5) is 32.0. The van der Waals surface area contributed by atoms with Crippen LogP contribution in [0, 0.1) is 6.92 Å². The molecule has 0 saturated carbocycles. The standard InChI is InChI=1S/C22H21N5O2/c1-15-11-17(13-23-12-15)19(28)26-9-7-22(14-26)8-10-27-20(29)18(24-25-21(22)27)16-5-3-2-4-6-16/h2-6,11-13H,7-10,14H2,1H3/t22-/m0/s1. The Balaban J connectivity index is 1.46. The number of pyridine rings is 1. The number of amides is 1. The maximum atomic E-state index is 13.0. The van der Waals surface area contributed by atoms with Crippen LogP contribution in [0.1, 0.15) is 34.6 Å². The smallest absolute Gasteiger partial charge is 0.280 e. The number of aryl methyl sites for hydroxylation is 1. The second-order valence-corrected chi connectivity index (χ2v) is 7.95. The number of carbonyl (C=O) groups excluding carboxylic acids is 1. The zero-order chi connectivity index (χ0) is 20.0. The van der Waals surface area contributed by atoms with Crippen molar-refractivity contribution in [3.8, 4) is 11.3 Å². The van der Waals surface area contributed by atoms with E-state index in [9.17, 15) is 9.59 Å². The number of fused-ring (bicyclic) bond motifs is 2. The highest BCUT2D eigenvalue weighted by Gasteiger charge is 2.48. The normalized spacial score (nSPS) is 20.2. The fourth-order valence-corrected chi connectivity index (χ4v) is 4.52. The molecule has 7 nitrogen and oxygen atoms in total. The first kappa shape index (κ1) is 17.7. The van der Waals surface area contributed by atoms with Crippen LogP contribution < -0.4 is 5.56 Å². The van der Waals surface area contributed by atoms with Crippen molar-refractivity contribution in [1.29, 1.82) is 0 Å². The Morgan fingerprint density at radius 3 is 2.66 bits per heavy atom. The number of aromatic nitrogens is 4. The van der Waals surface area contributed by atoms with Crippen LogP contribution in [0.15, 0.2) is 53.6 Å². The highest BCUT2D eigenvalue weighted by molar-refractivity contribution is 5.94. The Hall–Kier alpha value is -3.35. The fourth-order valence-electron chi connectivity index (χ4n) is 4.52. The molecule has 0 radical (unpaired) electrons. The van der Waals surface area contributed by atoms with Crippen LogP contribution in [0.25, 0.3) is 11.3 Å². The van der Waals surface area contributed by atoms with Crippen molar-refractivity contribution >= 4 is 5.91 Å². The van der Waals surface area contributed by atoms with Crippen molar-refractivity contribution in [2.24, 2.45) is 0 Å². The summed E-state index contributed by atoms with van der Waals surface area (Å²) in [5.74, 6) is 0.688. The van der Waals surface area contributed by atoms with E-state index in [2.05, 4.69) is 15.2 Å². The van der Waals surface area contributed by atoms with Gasteiger partial charge in [0, 0.05) is 37.6 Å². The Labute approximate surface area is 168 Å². The van der Waals surface area contributed by atoms with Gasteiger partial charge in [0.1, 0.15) is 5.82 Å². The highest BCUT2D eigenvalue weighted by atomic mass is 16.2. The molecule has 2 aromatic heterocycles. The third-order valence-corrected chi connectivity index (χ3v) is 6.05. The Morgan fingerprint density at radius 1 is 1.07 bits per heavy atom. The number of likely N-dealkylation sites (tertiary alicyclic amines) is 1. The molecule has 2 aliphatic heterocycles. The highest BCUT2D eigenvalue weighted by Crippen LogP contribution is 2.41. The van der Waals surface area contributed by atoms with E-state index in [-0.39, 0.29) is 16.9 Å². The average molecular weight is 387 g/mol. The van der Waals surface area contributed by atoms with Crippen LogP contribution in [0.5, 0.6) is 0 Å². The molecule has 0 N–H and O–H groups in total. The molecule has 3 aromatic rings. The van der Waals surface area contributed by atoms with E-state index < -0.39 is 0 Å². The van der Waals surface area contributed by atoms with E-state index in [0.29, 0.717) is 36.7 Å². The van der Waals surface area contributed by atoms with Crippen molar-refractivity contribution in [2.45, 2.75) is 31.7 Å². The molecule has 4 heterocycles. The number of carbonyl (C=O) groups is 1. The van der Waals surface area contributed by atoms with Gasteiger partial charge in [-0.05, 0) is 31.4 Å². The van der Waals surface area contributed by atoms with Crippen LogP contribution in [-0.4, -0.2) is 43.6 Å². The summed E-state index contributed by atoms with van der Waals surface area (Å²) in [7, 11) is 0. The lowest BCUT2D eigenvalue weighted by molar-refractivity contribution is 0.0782. The zero-order valence-corrected chi connectivity index (χ0v) is 16.2. The van der Waals surface area contributed by atoms with Gasteiger partial charge in [-0.1, -0.05) is 30.3 Å². The molecule has 1 spiro atoms. The Morgan fingerprint density at radius 2 is 1.86 bits per heavy atom. The molecule has 0 unspecified atom stereocenters. The minimum absolute atomic E-state index is 0.0206. The number of nitrogens with zero attached hydrogens (tertiary/aromatic N) is 5. The third kappa shape index (κ3) is 2.85. The molecule has 0 bridgehead atoms. The van der Waals surface area contributed by atoms with Gasteiger partial charge < -0.3 is 4.90 Å². The molecule has 1 aromatic carbocycles. The van der Waals surface area contributed by atoms with E-state index in [1.807, 2.05) is 48.2 Å². The van der Waals surface area contributed by atoms with Crippen molar-refractivity contribution < 1.29 is 4.79 Å². The molecular formula is C22H21N5O2. The first-order valence-corrected chi connectivity index (χ1v) is 9.82. The molecule has 146 valence electrons. The lowest BCUT2D eigenvalue weighted by Crippen LogP contribution is -2.35. The number of hydrogen-bond acceptors (Lipinski definition) is 5. The SMILES string of the molecule is Cc1cncc(C(=O)N2CC[C@]3(CCn4c3nnc(-c3ccccc3)c4=O)C2)c1. The lowest BCUT2D eigenvalue weighted by Gasteiger charge is -2.23. The lowest BCUT2D eigenvalue weighted by atomic mass is 9.85. The Kier molecular flexibility index (Phi) is 4.04. The molecule has 1 saturated heterocycles. The molecule has 2 aliphatic rings. The molecule has 0 aliphatic carbocycles. The molecule has 1 fully saturated rings. The van der Waals surface area contributed by atoms with Crippen LogP contribution in [0.4, 0.5) is 0 Å².